The Labute approximate surface area is 197 Å². The van der Waals surface area contributed by atoms with Gasteiger partial charge in [-0.05, 0) is 42.0 Å². The molecular formula is C25H30F2N2O5. The maximum atomic E-state index is 13.5. The minimum Gasteiger partial charge on any atom is -0.481 e. The van der Waals surface area contributed by atoms with Gasteiger partial charge in [0.25, 0.3) is 0 Å². The maximum absolute atomic E-state index is 13.5. The van der Waals surface area contributed by atoms with Crippen LogP contribution in [0.25, 0.3) is 0 Å². The Bertz CT molecular complexity index is 1050. The van der Waals surface area contributed by atoms with Crippen LogP contribution in [0.3, 0.4) is 0 Å². The lowest BCUT2D eigenvalue weighted by molar-refractivity contribution is -0.286. The molecule has 0 aromatic heterocycles. The van der Waals surface area contributed by atoms with E-state index in [1.54, 1.807) is 6.07 Å². The quantitative estimate of drug-likeness (QED) is 0.537. The lowest BCUT2D eigenvalue weighted by atomic mass is 9.87. The number of carboxylic acids is 1. The monoisotopic (exact) mass is 476 g/mol. The Balaban J connectivity index is 1.73. The molecule has 0 radical (unpaired) electrons. The molecule has 0 amide bonds. The number of halogens is 2. The second-order valence-electron chi connectivity index (χ2n) is 9.00. The summed E-state index contributed by atoms with van der Waals surface area (Å²) in [6.07, 6.45) is -2.96. The number of nitrogens with one attached hydrogen (secondary N) is 1. The highest BCUT2D eigenvalue weighted by molar-refractivity contribution is 5.70. The Kier molecular flexibility index (Phi) is 6.58. The molecule has 0 saturated carbocycles. The van der Waals surface area contributed by atoms with Gasteiger partial charge >= 0.3 is 12.3 Å². The van der Waals surface area contributed by atoms with E-state index in [1.807, 2.05) is 31.2 Å². The number of aliphatic carboxylic acids is 1. The van der Waals surface area contributed by atoms with Crippen LogP contribution >= 0.6 is 0 Å². The lowest BCUT2D eigenvalue weighted by Gasteiger charge is -2.52. The maximum Gasteiger partial charge on any atom is 0.586 e. The van der Waals surface area contributed by atoms with Crippen molar-refractivity contribution in [3.63, 3.8) is 0 Å². The molecule has 0 bridgehead atoms. The number of carbonyl (C=O) groups is 1. The fourth-order valence-electron chi connectivity index (χ4n) is 4.76. The molecule has 2 aliphatic rings. The van der Waals surface area contributed by atoms with E-state index in [-0.39, 0.29) is 29.8 Å². The van der Waals surface area contributed by atoms with Crippen molar-refractivity contribution in [3.8, 4) is 11.5 Å². The highest BCUT2D eigenvalue weighted by Gasteiger charge is 2.46. The van der Waals surface area contributed by atoms with Crippen LogP contribution in [0.5, 0.6) is 11.5 Å². The highest BCUT2D eigenvalue weighted by Crippen LogP contribution is 2.44. The van der Waals surface area contributed by atoms with Crippen molar-refractivity contribution in [3.05, 3.63) is 48.0 Å². The molecule has 2 aliphatic heterocycles. The number of ether oxygens (including phenoxy) is 3. The number of anilines is 2. The molecular weight excluding hydrogens is 446 g/mol. The zero-order valence-corrected chi connectivity index (χ0v) is 19.5. The zero-order chi connectivity index (χ0) is 24.5. The average Bonchev–Trinajstić information content (AvgIpc) is 3.10. The summed E-state index contributed by atoms with van der Waals surface area (Å²) in [4.78, 5) is 13.7. The number of fused-ring (bicyclic) bond motifs is 1. The van der Waals surface area contributed by atoms with E-state index < -0.39 is 17.9 Å². The van der Waals surface area contributed by atoms with E-state index in [0.29, 0.717) is 31.9 Å². The van der Waals surface area contributed by atoms with Gasteiger partial charge in [0.05, 0.1) is 19.6 Å². The number of para-hydroxylation sites is 1. The van der Waals surface area contributed by atoms with Gasteiger partial charge < -0.3 is 29.5 Å². The summed E-state index contributed by atoms with van der Waals surface area (Å²) < 4.78 is 42.1. The van der Waals surface area contributed by atoms with Crippen LogP contribution in [-0.2, 0) is 9.53 Å². The molecule has 0 spiro atoms. The van der Waals surface area contributed by atoms with Crippen molar-refractivity contribution in [1.29, 1.82) is 0 Å². The fourth-order valence-corrected chi connectivity index (χ4v) is 4.76. The molecule has 0 aliphatic carbocycles. The topological polar surface area (TPSA) is 80.3 Å². The molecule has 9 heteroatoms. The van der Waals surface area contributed by atoms with Crippen molar-refractivity contribution < 1.29 is 32.9 Å². The Morgan fingerprint density at radius 3 is 2.62 bits per heavy atom. The summed E-state index contributed by atoms with van der Waals surface area (Å²) >= 11 is 0. The Hall–Kier alpha value is -3.07. The molecule has 2 heterocycles. The van der Waals surface area contributed by atoms with Crippen molar-refractivity contribution in [2.24, 2.45) is 5.92 Å². The zero-order valence-electron chi connectivity index (χ0n) is 19.5. The molecule has 2 atom stereocenters. The Morgan fingerprint density at radius 2 is 1.91 bits per heavy atom. The van der Waals surface area contributed by atoms with Gasteiger partial charge in [-0.2, -0.15) is 0 Å². The van der Waals surface area contributed by atoms with Crippen molar-refractivity contribution in [2.45, 2.75) is 51.5 Å². The smallest absolute Gasteiger partial charge is 0.481 e. The minimum atomic E-state index is -3.69. The highest BCUT2D eigenvalue weighted by atomic mass is 19.3. The van der Waals surface area contributed by atoms with E-state index in [2.05, 4.69) is 33.5 Å². The molecule has 7 nitrogen and oxygen atoms in total. The SMILES string of the molecule is CCC(CC(=O)O)c1ccccc1N1CCOC[C@@]1(Nc1ccc2c(c1)OC(F)(F)O2)C(C)C. The summed E-state index contributed by atoms with van der Waals surface area (Å²) in [7, 11) is 0. The Morgan fingerprint density at radius 1 is 1.18 bits per heavy atom. The van der Waals surface area contributed by atoms with Gasteiger partial charge in [-0.25, -0.2) is 0 Å². The first kappa shape index (κ1) is 24.1. The number of hydrogen-bond acceptors (Lipinski definition) is 6. The van der Waals surface area contributed by atoms with E-state index >= 15 is 0 Å². The summed E-state index contributed by atoms with van der Waals surface area (Å²) in [6.45, 7) is 7.54. The van der Waals surface area contributed by atoms with Crippen LogP contribution in [-0.4, -0.2) is 42.8 Å². The number of benzene rings is 2. The molecule has 1 fully saturated rings. The number of hydrogen-bond donors (Lipinski definition) is 2. The first-order chi connectivity index (χ1) is 16.1. The molecule has 1 unspecified atom stereocenters. The summed E-state index contributed by atoms with van der Waals surface area (Å²) in [5.74, 6) is -1.00. The van der Waals surface area contributed by atoms with Crippen LogP contribution in [0.2, 0.25) is 0 Å². The van der Waals surface area contributed by atoms with Gasteiger partial charge in [0.1, 0.15) is 5.66 Å². The van der Waals surface area contributed by atoms with Gasteiger partial charge in [-0.1, -0.05) is 39.0 Å². The third kappa shape index (κ3) is 4.61. The number of morpholine rings is 1. The molecule has 34 heavy (non-hydrogen) atoms. The number of alkyl halides is 2. The summed E-state index contributed by atoms with van der Waals surface area (Å²) in [5.41, 5.74) is 1.77. The molecule has 4 rings (SSSR count). The second kappa shape index (κ2) is 9.29. The fraction of sp³-hybridized carbons (Fsp3) is 0.480. The lowest BCUT2D eigenvalue weighted by Crippen LogP contribution is -2.65. The van der Waals surface area contributed by atoms with Crippen LogP contribution in [0, 0.1) is 5.92 Å². The second-order valence-corrected chi connectivity index (χ2v) is 9.00. The summed E-state index contributed by atoms with van der Waals surface area (Å²) in [6, 6.07) is 12.5. The number of rotatable bonds is 8. The van der Waals surface area contributed by atoms with Gasteiger partial charge in [0, 0.05) is 24.0 Å². The normalized spacial score (nSPS) is 22.0. The van der Waals surface area contributed by atoms with Gasteiger partial charge in [-0.3, -0.25) is 4.79 Å². The number of nitrogens with zero attached hydrogens (tertiary/aromatic N) is 1. The predicted molar refractivity (Wildman–Crippen MR) is 124 cm³/mol. The van der Waals surface area contributed by atoms with Crippen molar-refractivity contribution in [1.82, 2.24) is 0 Å². The standard InChI is InChI=1S/C25H30F2N2O5/c1-4-17(13-23(30)31)19-7-5-6-8-20(19)29-11-12-32-15-24(29,16(2)3)28-18-9-10-21-22(14-18)34-25(26,27)33-21/h5-10,14,16-17,28H,4,11-13,15H2,1-3H3,(H,30,31)/t17?,24-/m0/s1. The largest absolute Gasteiger partial charge is 0.586 e. The van der Waals surface area contributed by atoms with E-state index in [9.17, 15) is 18.7 Å². The van der Waals surface area contributed by atoms with Gasteiger partial charge in [-0.15, -0.1) is 8.78 Å². The van der Waals surface area contributed by atoms with Crippen LogP contribution in [0.4, 0.5) is 20.2 Å². The minimum absolute atomic E-state index is 0.0179. The van der Waals surface area contributed by atoms with Crippen molar-refractivity contribution >= 4 is 17.3 Å². The molecule has 184 valence electrons. The number of carboxylic acid groups (broad SMARTS) is 1. The molecule has 2 aromatic carbocycles. The van der Waals surface area contributed by atoms with E-state index in [4.69, 9.17) is 4.74 Å². The predicted octanol–water partition coefficient (Wildman–Crippen LogP) is 5.28. The van der Waals surface area contributed by atoms with E-state index in [0.717, 1.165) is 11.3 Å². The average molecular weight is 477 g/mol. The first-order valence-electron chi connectivity index (χ1n) is 11.5. The molecule has 2 aromatic rings. The van der Waals surface area contributed by atoms with Crippen LogP contribution in [0.15, 0.2) is 42.5 Å². The third-order valence-corrected chi connectivity index (χ3v) is 6.56. The first-order valence-corrected chi connectivity index (χ1v) is 11.5. The van der Waals surface area contributed by atoms with Gasteiger partial charge in [0.15, 0.2) is 11.5 Å². The third-order valence-electron chi connectivity index (χ3n) is 6.56. The van der Waals surface area contributed by atoms with Crippen LogP contribution in [0.1, 0.15) is 45.1 Å². The summed E-state index contributed by atoms with van der Waals surface area (Å²) in [5, 5.41) is 13.0. The van der Waals surface area contributed by atoms with E-state index in [1.165, 1.54) is 12.1 Å². The van der Waals surface area contributed by atoms with Crippen LogP contribution < -0.4 is 19.7 Å². The molecule has 1 saturated heterocycles. The van der Waals surface area contributed by atoms with Crippen molar-refractivity contribution in [2.75, 3.05) is 30.0 Å². The van der Waals surface area contributed by atoms with Gasteiger partial charge in [0.2, 0.25) is 0 Å². The molecule has 2 N–H and O–H groups in total.